The molecule has 2 aliphatic carbocycles. The van der Waals surface area contributed by atoms with Gasteiger partial charge in [0.25, 0.3) is 0 Å². The molecule has 0 aromatic carbocycles. The van der Waals surface area contributed by atoms with E-state index in [1.807, 2.05) is 24.9 Å². The van der Waals surface area contributed by atoms with E-state index in [2.05, 4.69) is 39.1 Å². The van der Waals surface area contributed by atoms with E-state index in [0.717, 1.165) is 38.8 Å². The minimum absolute atomic E-state index is 0.0790. The number of fused-ring (bicyclic) bond motifs is 4. The highest BCUT2D eigenvalue weighted by atomic mass is 16.3. The van der Waals surface area contributed by atoms with Gasteiger partial charge in [-0.05, 0) is 37.5 Å². The average Bonchev–Trinajstić information content (AvgIpc) is 2.74. The highest BCUT2D eigenvalue weighted by Gasteiger charge is 2.34. The van der Waals surface area contributed by atoms with E-state index < -0.39 is 12.2 Å². The van der Waals surface area contributed by atoms with Crippen LogP contribution in [0.5, 0.6) is 0 Å². The number of hydrogen-bond acceptors (Lipinski definition) is 7. The number of hydrogen-bond donors (Lipinski definition) is 3. The van der Waals surface area contributed by atoms with Gasteiger partial charge in [-0.25, -0.2) is 0 Å². The van der Waals surface area contributed by atoms with Crippen LogP contribution in [0.25, 0.3) is 0 Å². The van der Waals surface area contributed by atoms with Gasteiger partial charge in [0.2, 0.25) is 0 Å². The molecule has 4 bridgehead atoms. The highest BCUT2D eigenvalue weighted by Crippen LogP contribution is 2.33. The Balaban J connectivity index is 1.65. The Morgan fingerprint density at radius 3 is 1.26 bits per heavy atom. The summed E-state index contributed by atoms with van der Waals surface area (Å²) in [6.45, 7) is 8.73. The zero-order valence-corrected chi connectivity index (χ0v) is 19.2. The first-order chi connectivity index (χ1) is 15.0. The van der Waals surface area contributed by atoms with Crippen molar-refractivity contribution in [3.63, 3.8) is 0 Å². The van der Waals surface area contributed by atoms with E-state index in [0.29, 0.717) is 38.0 Å². The molecule has 2 saturated carbocycles. The summed E-state index contributed by atoms with van der Waals surface area (Å²) in [6.07, 6.45) is 10.8. The van der Waals surface area contributed by atoms with Gasteiger partial charge in [-0.15, -0.1) is 0 Å². The molecule has 0 aromatic rings. The lowest BCUT2D eigenvalue weighted by atomic mass is 9.74. The molecule has 8 atom stereocenters. The van der Waals surface area contributed by atoms with Crippen molar-refractivity contribution in [2.45, 2.75) is 51.7 Å². The predicted molar refractivity (Wildman–Crippen MR) is 129 cm³/mol. The number of aliphatic hydroxyl groups is 2. The van der Waals surface area contributed by atoms with Crippen LogP contribution in [0.15, 0.2) is 20.0 Å². The molecular formula is C24H41N5O2. The first-order valence-corrected chi connectivity index (χ1v) is 12.1. The first kappa shape index (κ1) is 24.2. The SMILES string of the molecule is CC1CC2C=NCCN=CC3CC(C)CC(C=NCCNCCN=CC(C1)C2O)C3O. The van der Waals surface area contributed by atoms with Gasteiger partial charge in [-0.3, -0.25) is 20.0 Å². The summed E-state index contributed by atoms with van der Waals surface area (Å²) in [5.74, 6) is 1.45. The van der Waals surface area contributed by atoms with E-state index in [-0.39, 0.29) is 23.7 Å². The van der Waals surface area contributed by atoms with Crippen molar-refractivity contribution in [1.82, 2.24) is 5.32 Å². The Hall–Kier alpha value is -1.44. The molecule has 0 spiro atoms. The second-order valence-electron chi connectivity index (χ2n) is 9.76. The predicted octanol–water partition coefficient (Wildman–Crippen LogP) is 1.92. The number of aliphatic hydroxyl groups excluding tert-OH is 2. The maximum atomic E-state index is 10.8. The minimum Gasteiger partial charge on any atom is -0.392 e. The lowest BCUT2D eigenvalue weighted by molar-refractivity contribution is 0.0584. The van der Waals surface area contributed by atoms with Crippen molar-refractivity contribution in [2.24, 2.45) is 55.5 Å². The number of nitrogens with one attached hydrogen (secondary N) is 1. The Kier molecular flexibility index (Phi) is 9.81. The van der Waals surface area contributed by atoms with Crippen molar-refractivity contribution in [2.75, 3.05) is 39.3 Å². The second kappa shape index (κ2) is 12.6. The molecule has 174 valence electrons. The van der Waals surface area contributed by atoms with Gasteiger partial charge in [-0.1, -0.05) is 13.8 Å². The van der Waals surface area contributed by atoms with Gasteiger partial charge < -0.3 is 15.5 Å². The highest BCUT2D eigenvalue weighted by molar-refractivity contribution is 5.68. The lowest BCUT2D eigenvalue weighted by Crippen LogP contribution is -2.38. The molecule has 7 heteroatoms. The molecule has 0 saturated heterocycles. The van der Waals surface area contributed by atoms with Crippen LogP contribution < -0.4 is 5.32 Å². The third kappa shape index (κ3) is 7.58. The van der Waals surface area contributed by atoms with Crippen molar-refractivity contribution in [1.29, 1.82) is 0 Å². The van der Waals surface area contributed by atoms with Crippen LogP contribution in [0.2, 0.25) is 0 Å². The molecular weight excluding hydrogens is 390 g/mol. The Morgan fingerprint density at radius 2 is 0.903 bits per heavy atom. The third-order valence-corrected chi connectivity index (χ3v) is 6.83. The van der Waals surface area contributed by atoms with Crippen LogP contribution in [-0.2, 0) is 0 Å². The van der Waals surface area contributed by atoms with E-state index >= 15 is 0 Å². The van der Waals surface area contributed by atoms with Crippen LogP contribution >= 0.6 is 0 Å². The lowest BCUT2D eigenvalue weighted by Gasteiger charge is -2.34. The van der Waals surface area contributed by atoms with Gasteiger partial charge in [0.15, 0.2) is 0 Å². The topological polar surface area (TPSA) is 102 Å². The third-order valence-electron chi connectivity index (χ3n) is 6.83. The van der Waals surface area contributed by atoms with Crippen LogP contribution in [0.1, 0.15) is 39.5 Å². The summed E-state index contributed by atoms with van der Waals surface area (Å²) in [5.41, 5.74) is 0. The molecule has 3 N–H and O–H groups in total. The van der Waals surface area contributed by atoms with E-state index in [1.54, 1.807) is 0 Å². The molecule has 0 aromatic heterocycles. The van der Waals surface area contributed by atoms with Crippen molar-refractivity contribution < 1.29 is 10.2 Å². The minimum atomic E-state index is -0.417. The van der Waals surface area contributed by atoms with Crippen LogP contribution in [0.3, 0.4) is 0 Å². The number of nitrogens with zero attached hydrogens (tertiary/aromatic N) is 4. The van der Waals surface area contributed by atoms with Gasteiger partial charge in [0, 0.05) is 61.6 Å². The Morgan fingerprint density at radius 1 is 0.581 bits per heavy atom. The maximum Gasteiger partial charge on any atom is 0.0695 e. The zero-order chi connectivity index (χ0) is 22.1. The van der Waals surface area contributed by atoms with Crippen molar-refractivity contribution >= 4 is 24.9 Å². The molecule has 7 nitrogen and oxygen atoms in total. The van der Waals surface area contributed by atoms with Gasteiger partial charge in [0.05, 0.1) is 38.4 Å². The average molecular weight is 432 g/mol. The molecule has 3 rings (SSSR count). The summed E-state index contributed by atoms with van der Waals surface area (Å²) >= 11 is 0. The molecule has 2 fully saturated rings. The number of aliphatic imine (C=N–C) groups is 4. The Labute approximate surface area is 187 Å². The molecule has 0 radical (unpaired) electrons. The molecule has 8 unspecified atom stereocenters. The van der Waals surface area contributed by atoms with E-state index in [1.165, 1.54) is 0 Å². The normalized spacial score (nSPS) is 40.9. The second-order valence-corrected chi connectivity index (χ2v) is 9.76. The molecule has 3 aliphatic rings. The van der Waals surface area contributed by atoms with Gasteiger partial charge in [-0.2, -0.15) is 0 Å². The van der Waals surface area contributed by atoms with Gasteiger partial charge in [0.1, 0.15) is 0 Å². The zero-order valence-electron chi connectivity index (χ0n) is 19.2. The van der Waals surface area contributed by atoms with E-state index in [4.69, 9.17) is 0 Å². The first-order valence-electron chi connectivity index (χ1n) is 12.1. The van der Waals surface area contributed by atoms with E-state index in [9.17, 15) is 10.2 Å². The molecule has 1 aliphatic heterocycles. The Bertz CT molecular complexity index is 596. The monoisotopic (exact) mass is 431 g/mol. The fraction of sp³-hybridized carbons (Fsp3) is 0.833. The molecule has 1 heterocycles. The fourth-order valence-corrected chi connectivity index (χ4v) is 5.21. The number of rotatable bonds is 0. The van der Waals surface area contributed by atoms with Crippen LogP contribution in [0.4, 0.5) is 0 Å². The summed E-state index contributed by atoms with van der Waals surface area (Å²) in [5, 5.41) is 24.9. The van der Waals surface area contributed by atoms with Crippen LogP contribution in [-0.4, -0.2) is 86.5 Å². The maximum absolute atomic E-state index is 10.8. The summed E-state index contributed by atoms with van der Waals surface area (Å²) in [7, 11) is 0. The fourth-order valence-electron chi connectivity index (χ4n) is 5.21. The molecule has 0 amide bonds. The quantitative estimate of drug-likeness (QED) is 0.546. The van der Waals surface area contributed by atoms with Crippen molar-refractivity contribution in [3.05, 3.63) is 0 Å². The largest absolute Gasteiger partial charge is 0.392 e. The van der Waals surface area contributed by atoms with Gasteiger partial charge >= 0.3 is 0 Å². The standard InChI is InChI=1S/C24H41N5O2/c1-17-9-19-13-26-5-3-25-4-6-27-14-20-10-18(2)12-22(24(20)31)16-29-8-7-28-15-21(11-17)23(19)30/h13-25,30-31H,3-12H2,1-2H3. The summed E-state index contributed by atoms with van der Waals surface area (Å²) in [6, 6.07) is 0. The van der Waals surface area contributed by atoms with Crippen LogP contribution in [0, 0.1) is 35.5 Å². The summed E-state index contributed by atoms with van der Waals surface area (Å²) in [4.78, 5) is 18.2. The molecule has 31 heavy (non-hydrogen) atoms. The summed E-state index contributed by atoms with van der Waals surface area (Å²) < 4.78 is 0. The smallest absolute Gasteiger partial charge is 0.0695 e. The van der Waals surface area contributed by atoms with Crippen molar-refractivity contribution in [3.8, 4) is 0 Å².